The molecule has 0 N–H and O–H groups in total. The van der Waals surface area contributed by atoms with E-state index in [1.807, 2.05) is 26.2 Å². The van der Waals surface area contributed by atoms with Crippen LogP contribution in [0.5, 0.6) is 0 Å². The van der Waals surface area contributed by atoms with Gasteiger partial charge < -0.3 is 12.7 Å². The first-order valence-electron chi connectivity index (χ1n) is 7.45. The first-order chi connectivity index (χ1) is 9.16. The van der Waals surface area contributed by atoms with E-state index in [4.69, 9.17) is 12.7 Å². The number of carbonyl (C=O) groups excluding carboxylic acids is 1. The highest BCUT2D eigenvalue weighted by atomic mass is 28.5. The molecule has 0 aromatic carbocycles. The Balaban J connectivity index is 4.78. The smallest absolute Gasteiger partial charge is 0.386 e. The van der Waals surface area contributed by atoms with Gasteiger partial charge in [-0.2, -0.15) is 0 Å². The van der Waals surface area contributed by atoms with Gasteiger partial charge in [-0.25, -0.2) is 4.79 Å². The molecule has 124 valence electrons. The van der Waals surface area contributed by atoms with Crippen LogP contribution in [0.1, 0.15) is 20.8 Å². The zero-order valence-electron chi connectivity index (χ0n) is 15.1. The molecule has 0 radical (unpaired) electrons. The molecule has 0 heterocycles. The largest absolute Gasteiger partial charge is 0.492 e. The van der Waals surface area contributed by atoms with E-state index in [1.165, 1.54) is 0 Å². The lowest BCUT2D eigenvalue weighted by atomic mass is 10.3. The van der Waals surface area contributed by atoms with E-state index in [0.717, 1.165) is 6.04 Å². The Bertz CT molecular complexity index is 390. The Morgan fingerprint density at radius 2 is 1.48 bits per heavy atom. The molecule has 0 saturated heterocycles. The van der Waals surface area contributed by atoms with Crippen LogP contribution in [0.4, 0.5) is 0 Å². The van der Waals surface area contributed by atoms with Gasteiger partial charge in [0.25, 0.3) is 0 Å². The fourth-order valence-electron chi connectivity index (χ4n) is 2.63. The summed E-state index contributed by atoms with van der Waals surface area (Å²) in [4.78, 5) is 11.7. The van der Waals surface area contributed by atoms with Gasteiger partial charge in [0, 0.05) is 5.57 Å². The SMILES string of the molecule is C=C(C)C(=O)O[Si](C)(C)O[Si](C)(C)O[Si](C)(C)CC(C)C. The van der Waals surface area contributed by atoms with Crippen LogP contribution < -0.4 is 0 Å². The molecule has 0 aliphatic rings. The topological polar surface area (TPSA) is 44.8 Å². The summed E-state index contributed by atoms with van der Waals surface area (Å²) >= 11 is 0. The maximum atomic E-state index is 11.7. The Kier molecular flexibility index (Phi) is 7.29. The first kappa shape index (κ1) is 20.8. The molecule has 0 aliphatic carbocycles. The Morgan fingerprint density at radius 1 is 1.00 bits per heavy atom. The summed E-state index contributed by atoms with van der Waals surface area (Å²) in [6, 6.07) is 1.10. The summed E-state index contributed by atoms with van der Waals surface area (Å²) < 4.78 is 18.0. The minimum atomic E-state index is -2.56. The van der Waals surface area contributed by atoms with E-state index in [0.29, 0.717) is 11.5 Å². The van der Waals surface area contributed by atoms with Gasteiger partial charge in [-0.3, -0.25) is 0 Å². The highest BCUT2D eigenvalue weighted by molar-refractivity contribution is 6.86. The second-order valence-electron chi connectivity index (χ2n) is 7.53. The van der Waals surface area contributed by atoms with Crippen molar-refractivity contribution >= 4 is 31.4 Å². The minimum Gasteiger partial charge on any atom is -0.492 e. The van der Waals surface area contributed by atoms with E-state index in [9.17, 15) is 4.79 Å². The quantitative estimate of drug-likeness (QED) is 0.481. The minimum absolute atomic E-state index is 0.379. The van der Waals surface area contributed by atoms with E-state index >= 15 is 0 Å². The van der Waals surface area contributed by atoms with Crippen molar-refractivity contribution in [3.8, 4) is 0 Å². The fraction of sp³-hybridized carbons (Fsp3) is 0.786. The Labute approximate surface area is 133 Å². The van der Waals surface area contributed by atoms with E-state index in [-0.39, 0.29) is 5.97 Å². The number of carbonyl (C=O) groups is 1. The maximum Gasteiger partial charge on any atom is 0.386 e. The maximum absolute atomic E-state index is 11.7. The normalized spacial score (nSPS) is 13.4. The lowest BCUT2D eigenvalue weighted by Gasteiger charge is -2.38. The van der Waals surface area contributed by atoms with E-state index in [2.05, 4.69) is 33.5 Å². The van der Waals surface area contributed by atoms with Crippen molar-refractivity contribution in [2.75, 3.05) is 0 Å². The summed E-state index contributed by atoms with van der Waals surface area (Å²) in [5, 5.41) is 0. The zero-order valence-corrected chi connectivity index (χ0v) is 18.1. The van der Waals surface area contributed by atoms with Crippen LogP contribution in [-0.4, -0.2) is 31.4 Å². The van der Waals surface area contributed by atoms with E-state index < -0.39 is 25.4 Å². The van der Waals surface area contributed by atoms with Crippen LogP contribution in [0, 0.1) is 5.92 Å². The first-order valence-corrected chi connectivity index (χ1v) is 16.2. The van der Waals surface area contributed by atoms with E-state index in [1.54, 1.807) is 6.92 Å². The third-order valence-corrected chi connectivity index (χ3v) is 13.2. The lowest BCUT2D eigenvalue weighted by molar-refractivity contribution is -0.131. The molecule has 0 aromatic rings. The van der Waals surface area contributed by atoms with Crippen molar-refractivity contribution in [1.29, 1.82) is 0 Å². The fourth-order valence-corrected chi connectivity index (χ4v) is 16.3. The molecular weight excluding hydrogens is 316 g/mol. The van der Waals surface area contributed by atoms with Gasteiger partial charge in [0.1, 0.15) is 0 Å². The van der Waals surface area contributed by atoms with Gasteiger partial charge in [0.15, 0.2) is 8.32 Å². The summed E-state index contributed by atoms with van der Waals surface area (Å²) in [6.07, 6.45) is 0. The predicted molar refractivity (Wildman–Crippen MR) is 95.2 cm³/mol. The molecule has 0 unspecified atom stereocenters. The lowest BCUT2D eigenvalue weighted by Crippen LogP contribution is -2.54. The van der Waals surface area contributed by atoms with Crippen LogP contribution in [0.15, 0.2) is 12.2 Å². The van der Waals surface area contributed by atoms with Gasteiger partial charge in [-0.05, 0) is 58.2 Å². The van der Waals surface area contributed by atoms with Gasteiger partial charge in [-0.15, -0.1) is 0 Å². The molecule has 4 nitrogen and oxygen atoms in total. The molecule has 0 bridgehead atoms. The third kappa shape index (κ3) is 9.41. The second-order valence-corrected chi connectivity index (χ2v) is 18.9. The number of hydrogen-bond donors (Lipinski definition) is 0. The Hall–Kier alpha value is -0.219. The van der Waals surface area contributed by atoms with Gasteiger partial charge >= 0.3 is 23.1 Å². The molecule has 0 amide bonds. The van der Waals surface area contributed by atoms with Gasteiger partial charge in [-0.1, -0.05) is 20.4 Å². The molecule has 0 fully saturated rings. The van der Waals surface area contributed by atoms with Crippen molar-refractivity contribution in [2.24, 2.45) is 5.92 Å². The molecule has 0 aromatic heterocycles. The third-order valence-electron chi connectivity index (χ3n) is 2.60. The predicted octanol–water partition coefficient (Wildman–Crippen LogP) is 4.40. The van der Waals surface area contributed by atoms with Crippen molar-refractivity contribution in [3.63, 3.8) is 0 Å². The van der Waals surface area contributed by atoms with Crippen LogP contribution in [0.3, 0.4) is 0 Å². The summed E-state index contributed by atoms with van der Waals surface area (Å²) in [6.45, 7) is 21.9. The number of hydrogen-bond acceptors (Lipinski definition) is 4. The van der Waals surface area contributed by atoms with Crippen LogP contribution in [0.2, 0.25) is 45.3 Å². The van der Waals surface area contributed by atoms with Crippen LogP contribution >= 0.6 is 0 Å². The highest BCUT2D eigenvalue weighted by Gasteiger charge is 2.42. The summed E-state index contributed by atoms with van der Waals surface area (Å²) in [7, 11) is -6.64. The van der Waals surface area contributed by atoms with Crippen molar-refractivity contribution in [3.05, 3.63) is 12.2 Å². The molecule has 0 spiro atoms. The Morgan fingerprint density at radius 3 is 1.86 bits per heavy atom. The van der Waals surface area contributed by atoms with Crippen LogP contribution in [0.25, 0.3) is 0 Å². The average Bonchev–Trinajstić information content (AvgIpc) is 2.08. The standard InChI is InChI=1S/C14H32O4Si3/c1-12(2)11-19(5,6)17-21(9,10)18-20(7,8)16-14(15)13(3)4/h12H,3,11H2,1-2,4-10H3. The van der Waals surface area contributed by atoms with Gasteiger partial charge in [0.2, 0.25) is 0 Å². The van der Waals surface area contributed by atoms with Crippen molar-refractivity contribution in [2.45, 2.75) is 66.1 Å². The van der Waals surface area contributed by atoms with Gasteiger partial charge in [0.05, 0.1) is 0 Å². The van der Waals surface area contributed by atoms with Crippen molar-refractivity contribution < 1.29 is 17.5 Å². The average molecular weight is 349 g/mol. The summed E-state index contributed by atoms with van der Waals surface area (Å²) in [5.41, 5.74) is 0.397. The molecular formula is C14H32O4Si3. The second kappa shape index (κ2) is 7.36. The summed E-state index contributed by atoms with van der Waals surface area (Å²) in [5.74, 6) is 0.234. The molecule has 0 saturated carbocycles. The molecule has 21 heavy (non-hydrogen) atoms. The molecule has 0 rings (SSSR count). The molecule has 7 heteroatoms. The molecule has 0 aliphatic heterocycles. The monoisotopic (exact) mass is 348 g/mol. The molecule has 0 atom stereocenters. The van der Waals surface area contributed by atoms with Crippen LogP contribution in [-0.2, 0) is 17.5 Å². The zero-order chi connectivity index (χ0) is 17.1. The number of rotatable bonds is 8. The highest BCUT2D eigenvalue weighted by Crippen LogP contribution is 2.25. The van der Waals surface area contributed by atoms with Crippen molar-refractivity contribution in [1.82, 2.24) is 0 Å².